The first-order chi connectivity index (χ1) is 12.6. The lowest BCUT2D eigenvalue weighted by molar-refractivity contribution is 0.0949. The topological polar surface area (TPSA) is 65.4 Å². The highest BCUT2D eigenvalue weighted by molar-refractivity contribution is 5.95. The van der Waals surface area contributed by atoms with E-state index in [1.807, 2.05) is 22.9 Å². The van der Waals surface area contributed by atoms with Crippen molar-refractivity contribution in [2.45, 2.75) is 51.6 Å². The van der Waals surface area contributed by atoms with Crippen LogP contribution in [0.3, 0.4) is 0 Å². The summed E-state index contributed by atoms with van der Waals surface area (Å²) in [4.78, 5) is 12.8. The molecule has 2 aromatic rings. The molecule has 1 aromatic carbocycles. The first-order valence-electron chi connectivity index (χ1n) is 9.15. The number of carbonyl (C=O) groups excluding carboxylic acids is 1. The zero-order chi connectivity index (χ0) is 18.7. The minimum absolute atomic E-state index is 0.0729. The Morgan fingerprint density at radius 1 is 1.31 bits per heavy atom. The van der Waals surface area contributed by atoms with E-state index in [9.17, 15) is 4.79 Å². The van der Waals surface area contributed by atoms with Crippen LogP contribution >= 0.6 is 0 Å². The van der Waals surface area contributed by atoms with Crippen LogP contribution in [0.2, 0.25) is 0 Å². The fraction of sp³-hybridized carbons (Fsp3) is 0.500. The molecule has 1 saturated carbocycles. The molecule has 0 unspecified atom stereocenters. The maximum atomic E-state index is 12.8. The number of amides is 1. The Bertz CT molecular complexity index is 781. The number of hydrogen-bond acceptors (Lipinski definition) is 4. The third-order valence-electron chi connectivity index (χ3n) is 4.95. The standard InChI is InChI=1S/C20H27N3O3/c1-5-13(2)23-19(15-7-8-15)16(12-22-23)20(24)21-11-14-6-9-17(25-3)18(10-14)26-4/h6,9-10,12-13,15H,5,7-8,11H2,1-4H3,(H,21,24)/t13-/m1/s1. The van der Waals surface area contributed by atoms with Gasteiger partial charge in [-0.2, -0.15) is 5.10 Å². The molecule has 0 saturated heterocycles. The second-order valence-corrected chi connectivity index (χ2v) is 6.79. The number of benzene rings is 1. The van der Waals surface area contributed by atoms with Crippen molar-refractivity contribution in [2.75, 3.05) is 14.2 Å². The molecule has 0 spiro atoms. The van der Waals surface area contributed by atoms with Gasteiger partial charge in [-0.15, -0.1) is 0 Å². The van der Waals surface area contributed by atoms with Crippen LogP contribution in [0.5, 0.6) is 11.5 Å². The fourth-order valence-corrected chi connectivity index (χ4v) is 3.10. The van der Waals surface area contributed by atoms with E-state index >= 15 is 0 Å². The van der Waals surface area contributed by atoms with Gasteiger partial charge in [0.2, 0.25) is 0 Å². The van der Waals surface area contributed by atoms with E-state index in [0.717, 1.165) is 30.5 Å². The van der Waals surface area contributed by atoms with E-state index < -0.39 is 0 Å². The summed E-state index contributed by atoms with van der Waals surface area (Å²) in [5.41, 5.74) is 2.75. The number of aromatic nitrogens is 2. The quantitative estimate of drug-likeness (QED) is 0.783. The summed E-state index contributed by atoms with van der Waals surface area (Å²) < 4.78 is 12.6. The number of nitrogens with one attached hydrogen (secondary N) is 1. The predicted octanol–water partition coefficient (Wildman–Crippen LogP) is 3.68. The van der Waals surface area contributed by atoms with Gasteiger partial charge in [0.15, 0.2) is 11.5 Å². The molecule has 1 amide bonds. The SMILES string of the molecule is CC[C@@H](C)n1ncc(C(=O)NCc2ccc(OC)c(OC)c2)c1C1CC1. The lowest BCUT2D eigenvalue weighted by Crippen LogP contribution is -2.24. The highest BCUT2D eigenvalue weighted by Gasteiger charge is 2.33. The van der Waals surface area contributed by atoms with E-state index in [2.05, 4.69) is 24.3 Å². The summed E-state index contributed by atoms with van der Waals surface area (Å²) in [6.07, 6.45) is 4.98. The molecule has 1 aliphatic rings. The van der Waals surface area contributed by atoms with Crippen LogP contribution < -0.4 is 14.8 Å². The average Bonchev–Trinajstić information content (AvgIpc) is 3.42. The molecular weight excluding hydrogens is 330 g/mol. The lowest BCUT2D eigenvalue weighted by Gasteiger charge is -2.15. The minimum Gasteiger partial charge on any atom is -0.493 e. The minimum atomic E-state index is -0.0729. The van der Waals surface area contributed by atoms with Crippen LogP contribution in [0, 0.1) is 0 Å². The molecule has 1 aromatic heterocycles. The highest BCUT2D eigenvalue weighted by Crippen LogP contribution is 2.42. The zero-order valence-electron chi connectivity index (χ0n) is 15.9. The number of carbonyl (C=O) groups is 1. The molecule has 0 aliphatic heterocycles. The summed E-state index contributed by atoms with van der Waals surface area (Å²) >= 11 is 0. The monoisotopic (exact) mass is 357 g/mol. The molecule has 1 heterocycles. The summed E-state index contributed by atoms with van der Waals surface area (Å²) in [5.74, 6) is 1.72. The maximum Gasteiger partial charge on any atom is 0.255 e. The van der Waals surface area contributed by atoms with Gasteiger partial charge in [0, 0.05) is 18.5 Å². The molecule has 3 rings (SSSR count). The van der Waals surface area contributed by atoms with Gasteiger partial charge in [-0.3, -0.25) is 9.48 Å². The Morgan fingerprint density at radius 3 is 2.65 bits per heavy atom. The van der Waals surface area contributed by atoms with E-state index in [-0.39, 0.29) is 5.91 Å². The van der Waals surface area contributed by atoms with Crippen LogP contribution in [0.25, 0.3) is 0 Å². The van der Waals surface area contributed by atoms with Gasteiger partial charge < -0.3 is 14.8 Å². The van der Waals surface area contributed by atoms with Crippen LogP contribution in [0.4, 0.5) is 0 Å². The largest absolute Gasteiger partial charge is 0.493 e. The Hall–Kier alpha value is -2.50. The lowest BCUT2D eigenvalue weighted by atomic mass is 10.1. The van der Waals surface area contributed by atoms with Crippen molar-refractivity contribution in [3.8, 4) is 11.5 Å². The van der Waals surface area contributed by atoms with Crippen LogP contribution in [0.1, 0.15) is 66.7 Å². The second kappa shape index (κ2) is 7.81. The average molecular weight is 357 g/mol. The fourth-order valence-electron chi connectivity index (χ4n) is 3.10. The normalized spacial score (nSPS) is 14.8. The van der Waals surface area contributed by atoms with Gasteiger partial charge in [0.05, 0.1) is 31.7 Å². The van der Waals surface area contributed by atoms with Gasteiger partial charge in [-0.1, -0.05) is 13.0 Å². The van der Waals surface area contributed by atoms with Gasteiger partial charge in [-0.25, -0.2) is 0 Å². The van der Waals surface area contributed by atoms with Crippen LogP contribution in [0.15, 0.2) is 24.4 Å². The van der Waals surface area contributed by atoms with Gasteiger partial charge >= 0.3 is 0 Å². The van der Waals surface area contributed by atoms with E-state index in [0.29, 0.717) is 35.6 Å². The Kier molecular flexibility index (Phi) is 5.49. The number of nitrogens with zero attached hydrogens (tertiary/aromatic N) is 2. The van der Waals surface area contributed by atoms with Crippen molar-refractivity contribution < 1.29 is 14.3 Å². The second-order valence-electron chi connectivity index (χ2n) is 6.79. The molecule has 1 aliphatic carbocycles. The smallest absolute Gasteiger partial charge is 0.255 e. The number of methoxy groups -OCH3 is 2. The number of ether oxygens (including phenoxy) is 2. The van der Waals surface area contributed by atoms with Gasteiger partial charge in [0.1, 0.15) is 0 Å². The molecule has 0 bridgehead atoms. The molecule has 1 N–H and O–H groups in total. The molecule has 26 heavy (non-hydrogen) atoms. The van der Waals surface area contributed by atoms with Crippen LogP contribution in [-0.4, -0.2) is 29.9 Å². The van der Waals surface area contributed by atoms with Gasteiger partial charge in [-0.05, 0) is 43.9 Å². The summed E-state index contributed by atoms with van der Waals surface area (Å²) in [7, 11) is 3.21. The third-order valence-corrected chi connectivity index (χ3v) is 4.95. The summed E-state index contributed by atoms with van der Waals surface area (Å²) in [6, 6.07) is 5.95. The molecule has 0 radical (unpaired) electrons. The van der Waals surface area contributed by atoms with E-state index in [4.69, 9.17) is 9.47 Å². The van der Waals surface area contributed by atoms with Crippen molar-refractivity contribution in [2.24, 2.45) is 0 Å². The Morgan fingerprint density at radius 2 is 2.04 bits per heavy atom. The van der Waals surface area contributed by atoms with Crippen molar-refractivity contribution in [3.63, 3.8) is 0 Å². The predicted molar refractivity (Wildman–Crippen MR) is 99.9 cm³/mol. The highest BCUT2D eigenvalue weighted by atomic mass is 16.5. The van der Waals surface area contributed by atoms with E-state index in [1.54, 1.807) is 20.4 Å². The molecular formula is C20H27N3O3. The van der Waals surface area contributed by atoms with Crippen molar-refractivity contribution in [1.29, 1.82) is 0 Å². The Labute approximate surface area is 154 Å². The first-order valence-corrected chi connectivity index (χ1v) is 9.15. The summed E-state index contributed by atoms with van der Waals surface area (Å²) in [5, 5.41) is 7.50. The van der Waals surface area contributed by atoms with Crippen molar-refractivity contribution >= 4 is 5.91 Å². The molecule has 1 atom stereocenters. The molecule has 6 nitrogen and oxygen atoms in total. The van der Waals surface area contributed by atoms with Crippen molar-refractivity contribution in [3.05, 3.63) is 41.2 Å². The summed E-state index contributed by atoms with van der Waals surface area (Å²) in [6.45, 7) is 4.71. The van der Waals surface area contributed by atoms with E-state index in [1.165, 1.54) is 0 Å². The maximum absolute atomic E-state index is 12.8. The first kappa shape index (κ1) is 18.3. The van der Waals surface area contributed by atoms with Crippen LogP contribution in [-0.2, 0) is 6.54 Å². The molecule has 1 fully saturated rings. The number of rotatable bonds is 8. The molecule has 6 heteroatoms. The van der Waals surface area contributed by atoms with Crippen molar-refractivity contribution in [1.82, 2.24) is 15.1 Å². The Balaban J connectivity index is 1.74. The molecule has 140 valence electrons. The zero-order valence-corrected chi connectivity index (χ0v) is 15.9. The van der Waals surface area contributed by atoms with Gasteiger partial charge in [0.25, 0.3) is 5.91 Å². The number of hydrogen-bond donors (Lipinski definition) is 1. The third kappa shape index (κ3) is 3.69.